The van der Waals surface area contributed by atoms with Crippen molar-refractivity contribution < 1.29 is 4.79 Å². The molecule has 0 saturated heterocycles. The number of fused-ring (bicyclic) bond motifs is 3. The number of aldehydes is 1. The molecule has 0 spiro atoms. The molecule has 3 N–H and O–H groups in total. The number of nitrogens with two attached hydrogens (primary N) is 1. The van der Waals surface area contributed by atoms with E-state index in [0.29, 0.717) is 17.8 Å². The summed E-state index contributed by atoms with van der Waals surface area (Å²) in [6.07, 6.45) is 12.7. The van der Waals surface area contributed by atoms with Gasteiger partial charge in [0.1, 0.15) is 6.29 Å². The summed E-state index contributed by atoms with van der Waals surface area (Å²) in [4.78, 5) is 11.8. The molecular formula is C24H40N2O. The normalized spacial score (nSPS) is 47.2. The average Bonchev–Trinajstić information content (AvgIpc) is 2.91. The molecule has 0 aliphatic heterocycles. The molecule has 27 heavy (non-hydrogen) atoms. The van der Waals surface area contributed by atoms with E-state index in [2.05, 4.69) is 25.9 Å². The summed E-state index contributed by atoms with van der Waals surface area (Å²) in [5.41, 5.74) is 8.14. The Bertz CT molecular complexity index is 575. The van der Waals surface area contributed by atoms with E-state index in [1.807, 2.05) is 0 Å². The predicted molar refractivity (Wildman–Crippen MR) is 111 cm³/mol. The van der Waals surface area contributed by atoms with Gasteiger partial charge >= 0.3 is 0 Å². The van der Waals surface area contributed by atoms with E-state index < -0.39 is 0 Å². The minimum atomic E-state index is -0.259. The Morgan fingerprint density at radius 1 is 1.26 bits per heavy atom. The van der Waals surface area contributed by atoms with Crippen molar-refractivity contribution in [2.75, 3.05) is 13.6 Å². The molecule has 4 rings (SSSR count). The van der Waals surface area contributed by atoms with E-state index in [1.54, 1.807) is 0 Å². The molecule has 4 aliphatic rings. The zero-order valence-corrected chi connectivity index (χ0v) is 17.5. The second-order valence-electron chi connectivity index (χ2n) is 10.6. The first-order chi connectivity index (χ1) is 13.0. The number of nitrogens with one attached hydrogen (secondary N) is 1. The van der Waals surface area contributed by atoms with Crippen LogP contribution < -0.4 is 11.1 Å². The third-order valence-corrected chi connectivity index (χ3v) is 9.14. The van der Waals surface area contributed by atoms with Crippen molar-refractivity contribution in [1.82, 2.24) is 5.32 Å². The highest BCUT2D eigenvalue weighted by Gasteiger charge is 2.70. The Balaban J connectivity index is 1.48. The molecule has 3 nitrogen and oxygen atoms in total. The number of allylic oxidation sites excluding steroid dienone is 1. The first-order valence-corrected chi connectivity index (χ1v) is 11.5. The fourth-order valence-electron chi connectivity index (χ4n) is 7.93. The van der Waals surface area contributed by atoms with Gasteiger partial charge in [0, 0.05) is 0 Å². The van der Waals surface area contributed by atoms with Gasteiger partial charge in [-0.1, -0.05) is 25.5 Å². The van der Waals surface area contributed by atoms with Gasteiger partial charge in [0.05, 0.1) is 6.04 Å². The molecule has 4 aliphatic carbocycles. The van der Waals surface area contributed by atoms with Gasteiger partial charge in [0.25, 0.3) is 0 Å². The highest BCUT2D eigenvalue weighted by Crippen LogP contribution is 2.73. The predicted octanol–water partition coefficient (Wildman–Crippen LogP) is 4.17. The largest absolute Gasteiger partial charge is 0.321 e. The maximum atomic E-state index is 11.8. The Labute approximate surface area is 165 Å². The third kappa shape index (κ3) is 3.33. The van der Waals surface area contributed by atoms with E-state index in [0.717, 1.165) is 42.9 Å². The molecule has 0 aromatic carbocycles. The number of hydrogen-bond acceptors (Lipinski definition) is 3. The maximum Gasteiger partial charge on any atom is 0.137 e. The summed E-state index contributed by atoms with van der Waals surface area (Å²) in [7, 11) is 2.07. The van der Waals surface area contributed by atoms with Crippen LogP contribution in [0.5, 0.6) is 0 Å². The molecule has 0 bridgehead atoms. The van der Waals surface area contributed by atoms with Gasteiger partial charge in [-0.2, -0.15) is 0 Å². The quantitative estimate of drug-likeness (QED) is 0.521. The summed E-state index contributed by atoms with van der Waals surface area (Å²) in [5.74, 6) is 5.29. The molecule has 0 aromatic rings. The summed E-state index contributed by atoms with van der Waals surface area (Å²) < 4.78 is 0. The van der Waals surface area contributed by atoms with Crippen molar-refractivity contribution in [3.63, 3.8) is 0 Å². The SMILES string of the molecule is C=C1CC[C@@H]2[C@H]([C@@H]3C[C@@H](C)C[C@H]13)[C@@]2(CC[C@@H]1CC[C@H](CNC)C1)[C@H](N)C=O. The van der Waals surface area contributed by atoms with Crippen molar-refractivity contribution >= 4 is 6.29 Å². The fraction of sp³-hybridized carbons (Fsp3) is 0.875. The first kappa shape index (κ1) is 19.6. The fourth-order valence-corrected chi connectivity index (χ4v) is 7.93. The second-order valence-corrected chi connectivity index (χ2v) is 10.6. The number of rotatable bonds is 7. The summed E-state index contributed by atoms with van der Waals surface area (Å²) in [6.45, 7) is 8.01. The van der Waals surface area contributed by atoms with E-state index in [1.165, 1.54) is 56.9 Å². The highest BCUT2D eigenvalue weighted by molar-refractivity contribution is 5.61. The lowest BCUT2D eigenvalue weighted by atomic mass is 9.77. The van der Waals surface area contributed by atoms with Crippen LogP contribution in [-0.2, 0) is 4.79 Å². The molecule has 3 heteroatoms. The van der Waals surface area contributed by atoms with Crippen molar-refractivity contribution in [3.8, 4) is 0 Å². The molecule has 4 saturated carbocycles. The molecule has 0 radical (unpaired) electrons. The topological polar surface area (TPSA) is 55.1 Å². The third-order valence-electron chi connectivity index (χ3n) is 9.14. The number of hydrogen-bond donors (Lipinski definition) is 2. The standard InChI is InChI=1S/C24H40N2O/c1-15-10-19-16(2)4-7-21-23(20(19)11-15)24(21,22(25)14-27)9-8-17-5-6-18(12-17)13-26-3/h14-15,17-23,26H,2,4-13,25H2,1,3H3/t15-,17-,18-,19+,20+,21+,22+,23-,24+/m0/s1. The lowest BCUT2D eigenvalue weighted by Crippen LogP contribution is -2.37. The van der Waals surface area contributed by atoms with E-state index in [9.17, 15) is 4.79 Å². The summed E-state index contributed by atoms with van der Waals surface area (Å²) in [5, 5.41) is 3.35. The van der Waals surface area contributed by atoms with Gasteiger partial charge < -0.3 is 15.8 Å². The molecule has 0 unspecified atom stereocenters. The molecule has 0 aromatic heterocycles. The van der Waals surface area contributed by atoms with Crippen LogP contribution in [0.1, 0.15) is 64.7 Å². The van der Waals surface area contributed by atoms with Crippen LogP contribution in [0.25, 0.3) is 0 Å². The van der Waals surface area contributed by atoms with Crippen LogP contribution in [0.3, 0.4) is 0 Å². The molecule has 152 valence electrons. The average molecular weight is 373 g/mol. The summed E-state index contributed by atoms with van der Waals surface area (Å²) >= 11 is 0. The second kappa shape index (κ2) is 7.63. The zero-order chi connectivity index (χ0) is 19.2. The summed E-state index contributed by atoms with van der Waals surface area (Å²) in [6, 6.07) is -0.259. The lowest BCUT2D eigenvalue weighted by Gasteiger charge is -2.29. The monoisotopic (exact) mass is 372 g/mol. The number of carbonyl (C=O) groups excluding carboxylic acids is 1. The van der Waals surface area contributed by atoms with Crippen LogP contribution in [0.4, 0.5) is 0 Å². The zero-order valence-electron chi connectivity index (χ0n) is 17.5. The Morgan fingerprint density at radius 3 is 2.78 bits per heavy atom. The molecule has 0 heterocycles. The van der Waals surface area contributed by atoms with Crippen LogP contribution in [0, 0.1) is 46.8 Å². The van der Waals surface area contributed by atoms with Crippen molar-refractivity contribution in [1.29, 1.82) is 0 Å². The van der Waals surface area contributed by atoms with Crippen molar-refractivity contribution in [3.05, 3.63) is 12.2 Å². The smallest absolute Gasteiger partial charge is 0.137 e. The minimum absolute atomic E-state index is 0.108. The minimum Gasteiger partial charge on any atom is -0.321 e. The van der Waals surface area contributed by atoms with Crippen molar-refractivity contribution in [2.24, 2.45) is 52.6 Å². The Kier molecular flexibility index (Phi) is 5.55. The molecular weight excluding hydrogens is 332 g/mol. The van der Waals surface area contributed by atoms with E-state index in [-0.39, 0.29) is 11.5 Å². The Morgan fingerprint density at radius 2 is 2.04 bits per heavy atom. The van der Waals surface area contributed by atoms with Gasteiger partial charge in [0.2, 0.25) is 0 Å². The molecule has 9 atom stereocenters. The van der Waals surface area contributed by atoms with Crippen molar-refractivity contribution in [2.45, 2.75) is 70.8 Å². The molecule has 0 amide bonds. The van der Waals surface area contributed by atoms with Crippen LogP contribution in [0.15, 0.2) is 12.2 Å². The van der Waals surface area contributed by atoms with Gasteiger partial charge in [0.15, 0.2) is 0 Å². The van der Waals surface area contributed by atoms with Gasteiger partial charge in [-0.3, -0.25) is 0 Å². The Hall–Kier alpha value is -0.670. The van der Waals surface area contributed by atoms with E-state index in [4.69, 9.17) is 5.73 Å². The lowest BCUT2D eigenvalue weighted by molar-refractivity contribution is -0.110. The number of carbonyl (C=O) groups is 1. The van der Waals surface area contributed by atoms with Gasteiger partial charge in [-0.15, -0.1) is 0 Å². The van der Waals surface area contributed by atoms with Crippen LogP contribution >= 0.6 is 0 Å². The van der Waals surface area contributed by atoms with Gasteiger partial charge in [-0.25, -0.2) is 0 Å². The maximum absolute atomic E-state index is 11.8. The van der Waals surface area contributed by atoms with Crippen LogP contribution in [-0.4, -0.2) is 25.9 Å². The van der Waals surface area contributed by atoms with Crippen LogP contribution in [0.2, 0.25) is 0 Å². The van der Waals surface area contributed by atoms with Gasteiger partial charge in [-0.05, 0) is 112 Å². The molecule has 4 fully saturated rings. The highest BCUT2D eigenvalue weighted by atomic mass is 16.1. The van der Waals surface area contributed by atoms with E-state index >= 15 is 0 Å². The first-order valence-electron chi connectivity index (χ1n) is 11.5.